The highest BCUT2D eigenvalue weighted by Gasteiger charge is 2.30. The number of likely N-dealkylation sites (N-methyl/N-ethyl adjacent to an activating group) is 1. The first-order chi connectivity index (χ1) is 14.9. The molecule has 0 aliphatic carbocycles. The van der Waals surface area contributed by atoms with Crippen LogP contribution in [0.1, 0.15) is 30.5 Å². The third-order valence-electron chi connectivity index (χ3n) is 4.96. The van der Waals surface area contributed by atoms with E-state index in [0.717, 1.165) is 27.3 Å². The molecule has 0 unspecified atom stereocenters. The molecular formula is C23H30ClN3O4S. The summed E-state index contributed by atoms with van der Waals surface area (Å²) in [6.45, 7) is 7.29. The van der Waals surface area contributed by atoms with Crippen molar-refractivity contribution in [2.24, 2.45) is 0 Å². The number of rotatable bonds is 9. The van der Waals surface area contributed by atoms with Crippen LogP contribution in [-0.4, -0.2) is 50.5 Å². The average molecular weight is 480 g/mol. The first-order valence-electron chi connectivity index (χ1n) is 10.3. The van der Waals surface area contributed by atoms with Crippen molar-refractivity contribution in [3.8, 4) is 0 Å². The second kappa shape index (κ2) is 10.8. The van der Waals surface area contributed by atoms with E-state index in [9.17, 15) is 18.0 Å². The van der Waals surface area contributed by atoms with Crippen LogP contribution in [-0.2, 0) is 26.2 Å². The lowest BCUT2D eigenvalue weighted by molar-refractivity contribution is -0.139. The van der Waals surface area contributed by atoms with Gasteiger partial charge in [-0.3, -0.25) is 13.9 Å². The van der Waals surface area contributed by atoms with Gasteiger partial charge in [-0.15, -0.1) is 0 Å². The van der Waals surface area contributed by atoms with Crippen molar-refractivity contribution in [2.75, 3.05) is 23.7 Å². The van der Waals surface area contributed by atoms with E-state index in [2.05, 4.69) is 5.32 Å². The minimum atomic E-state index is -3.75. The van der Waals surface area contributed by atoms with Crippen molar-refractivity contribution < 1.29 is 18.0 Å². The molecule has 0 fully saturated rings. The Hall–Kier alpha value is -2.58. The number of carbonyl (C=O) groups is 2. The van der Waals surface area contributed by atoms with Crippen LogP contribution in [0.3, 0.4) is 0 Å². The first kappa shape index (κ1) is 25.7. The molecule has 2 rings (SSSR count). The number of halogens is 1. The Morgan fingerprint density at radius 1 is 1.06 bits per heavy atom. The van der Waals surface area contributed by atoms with Crippen LogP contribution >= 0.6 is 11.6 Å². The topological polar surface area (TPSA) is 86.8 Å². The Morgan fingerprint density at radius 2 is 1.62 bits per heavy atom. The number of nitrogens with one attached hydrogen (secondary N) is 1. The second-order valence-electron chi connectivity index (χ2n) is 7.83. The van der Waals surface area contributed by atoms with Crippen molar-refractivity contribution in [1.82, 2.24) is 10.2 Å². The van der Waals surface area contributed by atoms with Gasteiger partial charge in [-0.1, -0.05) is 29.8 Å². The monoisotopic (exact) mass is 479 g/mol. The van der Waals surface area contributed by atoms with E-state index in [0.29, 0.717) is 17.3 Å². The molecule has 0 spiro atoms. The van der Waals surface area contributed by atoms with Crippen molar-refractivity contribution in [1.29, 1.82) is 0 Å². The normalized spacial score (nSPS) is 12.2. The lowest BCUT2D eigenvalue weighted by Gasteiger charge is -2.31. The smallest absolute Gasteiger partial charge is 0.244 e. The summed E-state index contributed by atoms with van der Waals surface area (Å²) in [5.41, 5.74) is 2.95. The summed E-state index contributed by atoms with van der Waals surface area (Å²) in [5.74, 6) is -0.796. The summed E-state index contributed by atoms with van der Waals surface area (Å²) in [5, 5.41) is 3.28. The molecule has 0 aromatic heterocycles. The second-order valence-corrected chi connectivity index (χ2v) is 10.2. The van der Waals surface area contributed by atoms with E-state index >= 15 is 0 Å². The van der Waals surface area contributed by atoms with Crippen LogP contribution in [0.25, 0.3) is 0 Å². The maximum Gasteiger partial charge on any atom is 0.244 e. The molecular weight excluding hydrogens is 450 g/mol. The van der Waals surface area contributed by atoms with Gasteiger partial charge in [0.05, 0.1) is 11.9 Å². The summed E-state index contributed by atoms with van der Waals surface area (Å²) in [6, 6.07) is 11.5. The minimum absolute atomic E-state index is 0.138. The predicted molar refractivity (Wildman–Crippen MR) is 128 cm³/mol. The van der Waals surface area contributed by atoms with Crippen molar-refractivity contribution >= 4 is 39.1 Å². The molecule has 2 aromatic carbocycles. The van der Waals surface area contributed by atoms with Gasteiger partial charge in [-0.05, 0) is 68.7 Å². The molecule has 9 heteroatoms. The zero-order chi connectivity index (χ0) is 24.1. The zero-order valence-corrected chi connectivity index (χ0v) is 20.6. The zero-order valence-electron chi connectivity index (χ0n) is 19.1. The quantitative estimate of drug-likeness (QED) is 0.598. The standard InChI is InChI=1S/C23H30ClN3O4S/c1-6-25-23(29)18(4)26(14-19-7-9-20(24)10-8-19)22(28)15-27(32(5,30)31)21-12-16(2)11-17(3)13-21/h7-13,18H,6,14-15H2,1-5H3,(H,25,29)/t18-/m0/s1. The Bertz CT molecular complexity index is 1050. The van der Waals surface area contributed by atoms with Crippen LogP contribution < -0.4 is 9.62 Å². The fraction of sp³-hybridized carbons (Fsp3) is 0.391. The molecule has 7 nitrogen and oxygen atoms in total. The van der Waals surface area contributed by atoms with Crippen molar-refractivity contribution in [3.05, 3.63) is 64.2 Å². The Balaban J connectivity index is 2.40. The molecule has 0 aliphatic heterocycles. The molecule has 2 aromatic rings. The molecule has 1 N–H and O–H groups in total. The van der Waals surface area contributed by atoms with Gasteiger partial charge in [0.15, 0.2) is 0 Å². The van der Waals surface area contributed by atoms with Gasteiger partial charge < -0.3 is 10.2 Å². The molecule has 174 valence electrons. The van der Waals surface area contributed by atoms with Crippen molar-refractivity contribution in [3.63, 3.8) is 0 Å². The van der Waals surface area contributed by atoms with Gasteiger partial charge in [-0.2, -0.15) is 0 Å². The van der Waals surface area contributed by atoms with Gasteiger partial charge >= 0.3 is 0 Å². The van der Waals surface area contributed by atoms with Gasteiger partial charge in [-0.25, -0.2) is 8.42 Å². The first-order valence-corrected chi connectivity index (χ1v) is 12.5. The van der Waals surface area contributed by atoms with Gasteiger partial charge in [0.1, 0.15) is 12.6 Å². The summed E-state index contributed by atoms with van der Waals surface area (Å²) >= 11 is 5.96. The van der Waals surface area contributed by atoms with E-state index in [-0.39, 0.29) is 12.5 Å². The number of benzene rings is 2. The van der Waals surface area contributed by atoms with E-state index in [1.165, 1.54) is 4.90 Å². The fourth-order valence-corrected chi connectivity index (χ4v) is 4.36. The number of amides is 2. The molecule has 0 saturated carbocycles. The molecule has 1 atom stereocenters. The number of carbonyl (C=O) groups excluding carboxylic acids is 2. The predicted octanol–water partition coefficient (Wildman–Crippen LogP) is 3.28. The maximum atomic E-state index is 13.4. The molecule has 0 bridgehead atoms. The van der Waals surface area contributed by atoms with Crippen LogP contribution in [0.2, 0.25) is 5.02 Å². The Kier molecular flexibility index (Phi) is 8.69. The van der Waals surface area contributed by atoms with Crippen LogP contribution in [0.4, 0.5) is 5.69 Å². The average Bonchev–Trinajstić information content (AvgIpc) is 2.69. The molecule has 0 aliphatic rings. The number of aryl methyl sites for hydroxylation is 2. The third kappa shape index (κ3) is 6.97. The van der Waals surface area contributed by atoms with E-state index in [4.69, 9.17) is 11.6 Å². The molecule has 2 amide bonds. The number of sulfonamides is 1. The number of anilines is 1. The highest BCUT2D eigenvalue weighted by molar-refractivity contribution is 7.92. The van der Waals surface area contributed by atoms with E-state index in [1.807, 2.05) is 19.9 Å². The van der Waals surface area contributed by atoms with Crippen molar-refractivity contribution in [2.45, 2.75) is 40.3 Å². The largest absolute Gasteiger partial charge is 0.355 e. The molecule has 0 saturated heterocycles. The Morgan fingerprint density at radius 3 is 2.12 bits per heavy atom. The number of hydrogen-bond donors (Lipinski definition) is 1. The van der Waals surface area contributed by atoms with E-state index < -0.39 is 28.5 Å². The summed E-state index contributed by atoms with van der Waals surface area (Å²) in [7, 11) is -3.75. The molecule has 32 heavy (non-hydrogen) atoms. The molecule has 0 heterocycles. The number of nitrogens with zero attached hydrogens (tertiary/aromatic N) is 2. The fourth-order valence-electron chi connectivity index (χ4n) is 3.40. The van der Waals surface area contributed by atoms with Crippen LogP contribution in [0.15, 0.2) is 42.5 Å². The van der Waals surface area contributed by atoms with Crippen LogP contribution in [0.5, 0.6) is 0 Å². The highest BCUT2D eigenvalue weighted by Crippen LogP contribution is 2.22. The lowest BCUT2D eigenvalue weighted by atomic mass is 10.1. The van der Waals surface area contributed by atoms with Crippen LogP contribution in [0, 0.1) is 13.8 Å². The van der Waals surface area contributed by atoms with E-state index in [1.54, 1.807) is 50.2 Å². The number of hydrogen-bond acceptors (Lipinski definition) is 4. The molecule has 0 radical (unpaired) electrons. The Labute approximate surface area is 195 Å². The highest BCUT2D eigenvalue weighted by atomic mass is 35.5. The lowest BCUT2D eigenvalue weighted by Crippen LogP contribution is -2.51. The van der Waals surface area contributed by atoms with Gasteiger partial charge in [0.25, 0.3) is 0 Å². The third-order valence-corrected chi connectivity index (χ3v) is 6.35. The minimum Gasteiger partial charge on any atom is -0.355 e. The summed E-state index contributed by atoms with van der Waals surface area (Å²) < 4.78 is 26.2. The van der Waals surface area contributed by atoms with Gasteiger partial charge in [0.2, 0.25) is 21.8 Å². The SMILES string of the molecule is CCNC(=O)[C@H](C)N(Cc1ccc(Cl)cc1)C(=O)CN(c1cc(C)cc(C)c1)S(C)(=O)=O. The summed E-state index contributed by atoms with van der Waals surface area (Å²) in [4.78, 5) is 27.3. The summed E-state index contributed by atoms with van der Waals surface area (Å²) in [6.07, 6.45) is 1.06. The van der Waals surface area contributed by atoms with Gasteiger partial charge in [0, 0.05) is 18.1 Å². The maximum absolute atomic E-state index is 13.4.